The lowest BCUT2D eigenvalue weighted by Gasteiger charge is -2.16. The van der Waals surface area contributed by atoms with Crippen LogP contribution in [0.2, 0.25) is 0 Å². The molecule has 0 aromatic heterocycles. The van der Waals surface area contributed by atoms with E-state index in [2.05, 4.69) is 19.2 Å². The van der Waals surface area contributed by atoms with Crippen LogP contribution in [0.1, 0.15) is 38.2 Å². The molecule has 1 aromatic carbocycles. The second-order valence-corrected chi connectivity index (χ2v) is 5.43. The molecule has 1 saturated carbocycles. The van der Waals surface area contributed by atoms with Crippen molar-refractivity contribution >= 4 is 5.91 Å². The monoisotopic (exact) mass is 262 g/mol. The van der Waals surface area contributed by atoms with Crippen molar-refractivity contribution in [1.82, 2.24) is 5.32 Å². The smallest absolute Gasteiger partial charge is 0.238 e. The average molecular weight is 262 g/mol. The van der Waals surface area contributed by atoms with Crippen LogP contribution in [0.3, 0.4) is 0 Å². The summed E-state index contributed by atoms with van der Waals surface area (Å²) >= 11 is 0. The van der Waals surface area contributed by atoms with Gasteiger partial charge in [0.1, 0.15) is 18.4 Å². The minimum Gasteiger partial charge on any atom is -0.491 e. The van der Waals surface area contributed by atoms with E-state index in [0.717, 1.165) is 18.6 Å². The van der Waals surface area contributed by atoms with Crippen molar-refractivity contribution in [2.24, 2.45) is 5.73 Å². The number of benzene rings is 1. The number of carbonyl (C=O) groups is 1. The molecule has 1 atom stereocenters. The Bertz CT molecular complexity index is 424. The molecular formula is C15H22N2O2. The molecule has 2 rings (SSSR count). The van der Waals surface area contributed by atoms with E-state index in [4.69, 9.17) is 10.5 Å². The lowest BCUT2D eigenvalue weighted by Crippen LogP contribution is -2.46. The van der Waals surface area contributed by atoms with Crippen LogP contribution < -0.4 is 15.8 Å². The van der Waals surface area contributed by atoms with Gasteiger partial charge in [-0.1, -0.05) is 26.0 Å². The molecule has 0 heterocycles. The normalized spacial score (nSPS) is 16.4. The summed E-state index contributed by atoms with van der Waals surface area (Å²) in [4.78, 5) is 11.3. The first-order valence-electron chi connectivity index (χ1n) is 6.84. The first kappa shape index (κ1) is 13.9. The summed E-state index contributed by atoms with van der Waals surface area (Å²) in [5.74, 6) is 0.919. The molecule has 0 aliphatic heterocycles. The van der Waals surface area contributed by atoms with Gasteiger partial charge in [-0.25, -0.2) is 0 Å². The zero-order valence-electron chi connectivity index (χ0n) is 11.6. The van der Waals surface area contributed by atoms with Crippen LogP contribution in [0.25, 0.3) is 0 Å². The van der Waals surface area contributed by atoms with Gasteiger partial charge in [-0.05, 0) is 36.5 Å². The summed E-state index contributed by atoms with van der Waals surface area (Å²) in [5.41, 5.74) is 6.63. The van der Waals surface area contributed by atoms with Gasteiger partial charge in [-0.15, -0.1) is 0 Å². The highest BCUT2D eigenvalue weighted by molar-refractivity contribution is 5.80. The van der Waals surface area contributed by atoms with Gasteiger partial charge in [0.05, 0.1) is 0 Å². The fourth-order valence-electron chi connectivity index (χ4n) is 1.88. The largest absolute Gasteiger partial charge is 0.491 e. The molecule has 0 spiro atoms. The van der Waals surface area contributed by atoms with Gasteiger partial charge in [-0.3, -0.25) is 4.79 Å². The third-order valence-electron chi connectivity index (χ3n) is 3.32. The van der Waals surface area contributed by atoms with Crippen LogP contribution in [-0.2, 0) is 4.79 Å². The number of primary amides is 1. The van der Waals surface area contributed by atoms with Crippen molar-refractivity contribution in [3.05, 3.63) is 29.8 Å². The first-order valence-corrected chi connectivity index (χ1v) is 6.84. The van der Waals surface area contributed by atoms with Gasteiger partial charge in [0, 0.05) is 6.04 Å². The molecular weight excluding hydrogens is 240 g/mol. The molecule has 1 aliphatic rings. The molecule has 4 nitrogen and oxygen atoms in total. The summed E-state index contributed by atoms with van der Waals surface area (Å²) in [7, 11) is 0. The second kappa shape index (κ2) is 6.06. The topological polar surface area (TPSA) is 64.3 Å². The number of nitrogens with one attached hydrogen (secondary N) is 1. The number of carbonyl (C=O) groups excluding carboxylic acids is 1. The van der Waals surface area contributed by atoms with Crippen molar-refractivity contribution in [3.63, 3.8) is 0 Å². The van der Waals surface area contributed by atoms with Gasteiger partial charge in [0.15, 0.2) is 0 Å². The van der Waals surface area contributed by atoms with E-state index < -0.39 is 6.04 Å². The summed E-state index contributed by atoms with van der Waals surface area (Å²) in [5, 5.41) is 3.19. The number of hydrogen-bond donors (Lipinski definition) is 2. The number of amides is 1. The van der Waals surface area contributed by atoms with E-state index in [9.17, 15) is 4.79 Å². The summed E-state index contributed by atoms with van der Waals surface area (Å²) in [6.07, 6.45) is 2.24. The van der Waals surface area contributed by atoms with Gasteiger partial charge >= 0.3 is 0 Å². The minimum absolute atomic E-state index is 0.285. The Balaban J connectivity index is 1.87. The molecule has 4 heteroatoms. The highest BCUT2D eigenvalue weighted by atomic mass is 16.5. The molecule has 1 aromatic rings. The van der Waals surface area contributed by atoms with E-state index in [1.54, 1.807) is 0 Å². The second-order valence-electron chi connectivity index (χ2n) is 5.43. The van der Waals surface area contributed by atoms with Crippen molar-refractivity contribution in [2.75, 3.05) is 6.61 Å². The first-order chi connectivity index (χ1) is 9.06. The summed E-state index contributed by atoms with van der Waals surface area (Å²) in [6.45, 7) is 4.59. The zero-order chi connectivity index (χ0) is 13.8. The molecule has 1 amide bonds. The Morgan fingerprint density at radius 3 is 2.47 bits per heavy atom. The molecule has 0 radical (unpaired) electrons. The van der Waals surface area contributed by atoms with E-state index in [-0.39, 0.29) is 12.5 Å². The molecule has 0 bridgehead atoms. The summed E-state index contributed by atoms with van der Waals surface area (Å²) in [6, 6.07) is 8.00. The molecule has 19 heavy (non-hydrogen) atoms. The van der Waals surface area contributed by atoms with E-state index in [1.807, 2.05) is 24.3 Å². The van der Waals surface area contributed by atoms with E-state index >= 15 is 0 Å². The molecule has 1 unspecified atom stereocenters. The fraction of sp³-hybridized carbons (Fsp3) is 0.533. The Labute approximate surface area is 114 Å². The van der Waals surface area contributed by atoms with Gasteiger partial charge < -0.3 is 15.8 Å². The van der Waals surface area contributed by atoms with Crippen molar-refractivity contribution in [3.8, 4) is 5.75 Å². The maximum absolute atomic E-state index is 11.3. The standard InChI is InChI=1S/C15H22N2O2/c1-10(2)11-3-7-13(8-4-11)19-9-14(15(16)18)17-12-5-6-12/h3-4,7-8,10,12,14,17H,5-6,9H2,1-2H3,(H2,16,18). The summed E-state index contributed by atoms with van der Waals surface area (Å²) < 4.78 is 5.63. The Morgan fingerprint density at radius 1 is 1.37 bits per heavy atom. The maximum Gasteiger partial charge on any atom is 0.238 e. The van der Waals surface area contributed by atoms with E-state index in [0.29, 0.717) is 12.0 Å². The molecule has 104 valence electrons. The zero-order valence-corrected chi connectivity index (χ0v) is 11.6. The number of hydrogen-bond acceptors (Lipinski definition) is 3. The van der Waals surface area contributed by atoms with Crippen LogP contribution in [0.4, 0.5) is 0 Å². The fourth-order valence-corrected chi connectivity index (χ4v) is 1.88. The van der Waals surface area contributed by atoms with Crippen molar-refractivity contribution in [1.29, 1.82) is 0 Å². The Kier molecular flexibility index (Phi) is 4.43. The average Bonchev–Trinajstić information content (AvgIpc) is 3.18. The van der Waals surface area contributed by atoms with Crippen LogP contribution in [0.5, 0.6) is 5.75 Å². The number of nitrogens with two attached hydrogens (primary N) is 1. The van der Waals surface area contributed by atoms with Crippen molar-refractivity contribution in [2.45, 2.75) is 44.7 Å². The van der Waals surface area contributed by atoms with Crippen LogP contribution in [0.15, 0.2) is 24.3 Å². The minimum atomic E-state index is -0.405. The van der Waals surface area contributed by atoms with Gasteiger partial charge in [0.2, 0.25) is 5.91 Å². The Hall–Kier alpha value is -1.55. The molecule has 1 aliphatic carbocycles. The van der Waals surface area contributed by atoms with Crippen molar-refractivity contribution < 1.29 is 9.53 Å². The predicted molar refractivity (Wildman–Crippen MR) is 75.2 cm³/mol. The van der Waals surface area contributed by atoms with Gasteiger partial charge in [0.25, 0.3) is 0 Å². The quantitative estimate of drug-likeness (QED) is 0.787. The van der Waals surface area contributed by atoms with Crippen LogP contribution >= 0.6 is 0 Å². The lowest BCUT2D eigenvalue weighted by molar-refractivity contribution is -0.120. The van der Waals surface area contributed by atoms with Gasteiger partial charge in [-0.2, -0.15) is 0 Å². The molecule has 0 saturated heterocycles. The SMILES string of the molecule is CC(C)c1ccc(OCC(NC2CC2)C(N)=O)cc1. The molecule has 3 N–H and O–H groups in total. The highest BCUT2D eigenvalue weighted by Gasteiger charge is 2.27. The van der Waals surface area contributed by atoms with E-state index in [1.165, 1.54) is 5.56 Å². The highest BCUT2D eigenvalue weighted by Crippen LogP contribution is 2.20. The number of rotatable bonds is 7. The van der Waals surface area contributed by atoms with Crippen LogP contribution in [-0.4, -0.2) is 24.6 Å². The lowest BCUT2D eigenvalue weighted by atomic mass is 10.0. The predicted octanol–water partition coefficient (Wildman–Crippen LogP) is 1.79. The van der Waals surface area contributed by atoms with Crippen LogP contribution in [0, 0.1) is 0 Å². The third kappa shape index (κ3) is 4.24. The molecule has 1 fully saturated rings. The third-order valence-corrected chi connectivity index (χ3v) is 3.32. The maximum atomic E-state index is 11.3. The Morgan fingerprint density at radius 2 is 2.00 bits per heavy atom. The number of ether oxygens (including phenoxy) is 1.